The molecule has 2 atom stereocenters. The van der Waals surface area contributed by atoms with E-state index in [-0.39, 0.29) is 12.1 Å². The Morgan fingerprint density at radius 2 is 2.09 bits per heavy atom. The van der Waals surface area contributed by atoms with Crippen LogP contribution in [0.2, 0.25) is 0 Å². The lowest BCUT2D eigenvalue weighted by molar-refractivity contribution is 0.0454. The molecule has 1 fully saturated rings. The lowest BCUT2D eigenvalue weighted by atomic mass is 9.90. The van der Waals surface area contributed by atoms with Gasteiger partial charge in [0.2, 0.25) is 0 Å². The van der Waals surface area contributed by atoms with Crippen LogP contribution in [0.25, 0.3) is 0 Å². The fourth-order valence-corrected chi connectivity index (χ4v) is 2.96. The molecule has 0 radical (unpaired) electrons. The molecule has 1 N–H and O–H groups in total. The lowest BCUT2D eigenvalue weighted by Crippen LogP contribution is -2.50. The molecular formula is C17H28N4O2. The van der Waals surface area contributed by atoms with Crippen LogP contribution in [-0.4, -0.2) is 45.7 Å². The lowest BCUT2D eigenvalue weighted by Gasteiger charge is -2.39. The predicted molar refractivity (Wildman–Crippen MR) is 88.9 cm³/mol. The molecule has 1 amide bonds. The standard InChI is InChI=1S/C17H28N4O2/c1-13-7-5-10-21(12-15-18-8-6-9-19-15)14(13)11-20-16(22)23-17(2,3)4/h6,8-9,13-14H,5,7,10-12H2,1-4H3,(H,20,22)/t13-,14+/m1/s1. The summed E-state index contributed by atoms with van der Waals surface area (Å²) in [6.07, 6.45) is 5.52. The highest BCUT2D eigenvalue weighted by Crippen LogP contribution is 2.24. The molecule has 1 saturated heterocycles. The summed E-state index contributed by atoms with van der Waals surface area (Å²) >= 11 is 0. The Bertz CT molecular complexity index is 501. The van der Waals surface area contributed by atoms with Gasteiger partial charge in [-0.15, -0.1) is 0 Å². The van der Waals surface area contributed by atoms with Crippen LogP contribution < -0.4 is 5.32 Å². The average Bonchev–Trinajstić information content (AvgIpc) is 2.46. The van der Waals surface area contributed by atoms with Gasteiger partial charge in [-0.05, 0) is 52.1 Å². The Morgan fingerprint density at radius 1 is 1.39 bits per heavy atom. The molecule has 1 aromatic rings. The summed E-state index contributed by atoms with van der Waals surface area (Å²) in [5, 5.41) is 2.91. The number of nitrogens with one attached hydrogen (secondary N) is 1. The Hall–Kier alpha value is -1.69. The van der Waals surface area contributed by atoms with Crippen molar-refractivity contribution in [2.45, 2.75) is 58.7 Å². The van der Waals surface area contributed by atoms with Gasteiger partial charge in [0.15, 0.2) is 0 Å². The molecular weight excluding hydrogens is 292 g/mol. The molecule has 128 valence electrons. The molecule has 0 aromatic carbocycles. The van der Waals surface area contributed by atoms with E-state index in [9.17, 15) is 4.79 Å². The van der Waals surface area contributed by atoms with Crippen LogP contribution in [0.5, 0.6) is 0 Å². The molecule has 23 heavy (non-hydrogen) atoms. The SMILES string of the molecule is C[C@@H]1CCCN(Cc2ncccn2)[C@H]1CNC(=O)OC(C)(C)C. The van der Waals surface area contributed by atoms with E-state index in [0.717, 1.165) is 18.8 Å². The first-order valence-corrected chi connectivity index (χ1v) is 8.32. The molecule has 0 bridgehead atoms. The number of amides is 1. The van der Waals surface area contributed by atoms with E-state index < -0.39 is 5.60 Å². The fourth-order valence-electron chi connectivity index (χ4n) is 2.96. The predicted octanol–water partition coefficient (Wildman–Crippen LogP) is 2.60. The molecule has 2 heterocycles. The van der Waals surface area contributed by atoms with Gasteiger partial charge in [0, 0.05) is 25.0 Å². The van der Waals surface area contributed by atoms with Crippen molar-refractivity contribution < 1.29 is 9.53 Å². The van der Waals surface area contributed by atoms with E-state index in [1.165, 1.54) is 6.42 Å². The third-order valence-corrected chi connectivity index (χ3v) is 4.05. The van der Waals surface area contributed by atoms with Crippen LogP contribution in [0.4, 0.5) is 4.79 Å². The largest absolute Gasteiger partial charge is 0.444 e. The van der Waals surface area contributed by atoms with Crippen molar-refractivity contribution in [3.8, 4) is 0 Å². The summed E-state index contributed by atoms with van der Waals surface area (Å²) < 4.78 is 5.32. The third-order valence-electron chi connectivity index (χ3n) is 4.05. The van der Waals surface area contributed by atoms with Crippen LogP contribution in [0.15, 0.2) is 18.5 Å². The molecule has 0 spiro atoms. The highest BCUT2D eigenvalue weighted by Gasteiger charge is 2.29. The molecule has 0 saturated carbocycles. The summed E-state index contributed by atoms with van der Waals surface area (Å²) in [6.45, 7) is 10.1. The van der Waals surface area contributed by atoms with Crippen molar-refractivity contribution in [3.63, 3.8) is 0 Å². The quantitative estimate of drug-likeness (QED) is 0.923. The van der Waals surface area contributed by atoms with Gasteiger partial charge in [-0.1, -0.05) is 6.92 Å². The zero-order valence-electron chi connectivity index (χ0n) is 14.6. The summed E-state index contributed by atoms with van der Waals surface area (Å²) in [7, 11) is 0. The van der Waals surface area contributed by atoms with Crippen molar-refractivity contribution in [1.29, 1.82) is 0 Å². The van der Waals surface area contributed by atoms with Gasteiger partial charge in [-0.2, -0.15) is 0 Å². The third kappa shape index (κ3) is 5.78. The Kier molecular flexibility index (Phi) is 5.93. The summed E-state index contributed by atoms with van der Waals surface area (Å²) in [4.78, 5) is 22.9. The van der Waals surface area contributed by atoms with Crippen LogP contribution >= 0.6 is 0 Å². The van der Waals surface area contributed by atoms with Crippen LogP contribution in [0.3, 0.4) is 0 Å². The van der Waals surface area contributed by atoms with Gasteiger partial charge in [-0.3, -0.25) is 4.90 Å². The Labute approximate surface area is 138 Å². The second-order valence-corrected chi connectivity index (χ2v) is 7.21. The maximum Gasteiger partial charge on any atom is 0.407 e. The second kappa shape index (κ2) is 7.73. The Morgan fingerprint density at radius 3 is 2.74 bits per heavy atom. The van der Waals surface area contributed by atoms with E-state index in [1.807, 2.05) is 26.8 Å². The number of hydrogen-bond acceptors (Lipinski definition) is 5. The number of carbonyl (C=O) groups excluding carboxylic acids is 1. The Balaban J connectivity index is 1.93. The zero-order chi connectivity index (χ0) is 16.9. The van der Waals surface area contributed by atoms with Gasteiger partial charge in [0.25, 0.3) is 0 Å². The summed E-state index contributed by atoms with van der Waals surface area (Å²) in [5.41, 5.74) is -0.472. The minimum atomic E-state index is -0.472. The number of alkyl carbamates (subject to hydrolysis) is 1. The van der Waals surface area contributed by atoms with E-state index in [0.29, 0.717) is 19.0 Å². The number of aromatic nitrogens is 2. The van der Waals surface area contributed by atoms with Gasteiger partial charge in [0.05, 0.1) is 6.54 Å². The molecule has 2 rings (SSSR count). The van der Waals surface area contributed by atoms with Gasteiger partial charge in [-0.25, -0.2) is 14.8 Å². The minimum Gasteiger partial charge on any atom is -0.444 e. The first kappa shape index (κ1) is 17.7. The molecule has 1 aromatic heterocycles. The molecule has 6 heteroatoms. The van der Waals surface area contributed by atoms with Gasteiger partial charge >= 0.3 is 6.09 Å². The molecule has 0 aliphatic carbocycles. The van der Waals surface area contributed by atoms with E-state index >= 15 is 0 Å². The molecule has 0 unspecified atom stereocenters. The first-order chi connectivity index (χ1) is 10.8. The minimum absolute atomic E-state index is 0.278. The average molecular weight is 320 g/mol. The van der Waals surface area contributed by atoms with Crippen molar-refractivity contribution in [2.75, 3.05) is 13.1 Å². The highest BCUT2D eigenvalue weighted by atomic mass is 16.6. The van der Waals surface area contributed by atoms with E-state index in [2.05, 4.69) is 27.1 Å². The van der Waals surface area contributed by atoms with E-state index in [1.54, 1.807) is 12.4 Å². The number of rotatable bonds is 4. The number of hydrogen-bond donors (Lipinski definition) is 1. The molecule has 1 aliphatic rings. The number of ether oxygens (including phenoxy) is 1. The van der Waals surface area contributed by atoms with Crippen LogP contribution in [0.1, 0.15) is 46.4 Å². The van der Waals surface area contributed by atoms with Crippen molar-refractivity contribution in [2.24, 2.45) is 5.92 Å². The van der Waals surface area contributed by atoms with Crippen LogP contribution in [-0.2, 0) is 11.3 Å². The normalized spacial score (nSPS) is 22.6. The van der Waals surface area contributed by atoms with Crippen molar-refractivity contribution in [1.82, 2.24) is 20.2 Å². The van der Waals surface area contributed by atoms with E-state index in [4.69, 9.17) is 4.74 Å². The number of carbonyl (C=O) groups is 1. The summed E-state index contributed by atoms with van der Waals surface area (Å²) in [6, 6.07) is 2.10. The molecule has 6 nitrogen and oxygen atoms in total. The van der Waals surface area contributed by atoms with Crippen molar-refractivity contribution in [3.05, 3.63) is 24.3 Å². The maximum absolute atomic E-state index is 11.9. The fraction of sp³-hybridized carbons (Fsp3) is 0.706. The zero-order valence-corrected chi connectivity index (χ0v) is 14.6. The first-order valence-electron chi connectivity index (χ1n) is 8.32. The van der Waals surface area contributed by atoms with Crippen LogP contribution in [0, 0.1) is 5.92 Å². The monoisotopic (exact) mass is 320 g/mol. The highest BCUT2D eigenvalue weighted by molar-refractivity contribution is 5.67. The van der Waals surface area contributed by atoms with Gasteiger partial charge in [0.1, 0.15) is 11.4 Å². The topological polar surface area (TPSA) is 67.4 Å². The number of piperidine rings is 1. The second-order valence-electron chi connectivity index (χ2n) is 7.21. The van der Waals surface area contributed by atoms with Crippen molar-refractivity contribution >= 4 is 6.09 Å². The smallest absolute Gasteiger partial charge is 0.407 e. The molecule has 1 aliphatic heterocycles. The number of likely N-dealkylation sites (tertiary alicyclic amines) is 1. The number of nitrogens with zero attached hydrogens (tertiary/aromatic N) is 3. The maximum atomic E-state index is 11.9. The summed E-state index contributed by atoms with van der Waals surface area (Å²) in [5.74, 6) is 1.34. The van der Waals surface area contributed by atoms with Gasteiger partial charge < -0.3 is 10.1 Å².